The van der Waals surface area contributed by atoms with Crippen LogP contribution in [0.25, 0.3) is 0 Å². The molecule has 24 heavy (non-hydrogen) atoms. The smallest absolute Gasteiger partial charge is 0.310 e. The number of carbonyl (C=O) groups is 1. The van der Waals surface area contributed by atoms with Crippen LogP contribution in [0.4, 0.5) is 5.69 Å². The minimum atomic E-state index is -0.521. The Morgan fingerprint density at radius 2 is 1.96 bits per heavy atom. The molecule has 0 aromatic heterocycles. The molecule has 0 saturated heterocycles. The van der Waals surface area contributed by atoms with Crippen LogP contribution in [-0.2, 0) is 11.2 Å². The van der Waals surface area contributed by atoms with Crippen LogP contribution in [0.3, 0.4) is 0 Å². The fourth-order valence-electron chi connectivity index (χ4n) is 2.25. The predicted molar refractivity (Wildman–Crippen MR) is 91.1 cm³/mol. The molecule has 126 valence electrons. The molecule has 0 aliphatic heterocycles. The van der Waals surface area contributed by atoms with Gasteiger partial charge >= 0.3 is 5.69 Å². The van der Waals surface area contributed by atoms with E-state index in [1.807, 2.05) is 30.3 Å². The van der Waals surface area contributed by atoms with E-state index >= 15 is 0 Å². The van der Waals surface area contributed by atoms with Crippen LogP contribution in [0.15, 0.2) is 48.5 Å². The van der Waals surface area contributed by atoms with Gasteiger partial charge in [-0.15, -0.1) is 0 Å². The van der Waals surface area contributed by atoms with Gasteiger partial charge in [0.25, 0.3) is 5.91 Å². The van der Waals surface area contributed by atoms with Crippen molar-refractivity contribution in [2.24, 2.45) is 0 Å². The number of hydrogen-bond acceptors (Lipinski definition) is 4. The molecule has 0 unspecified atom stereocenters. The van der Waals surface area contributed by atoms with Gasteiger partial charge in [0.15, 0.2) is 12.4 Å². The van der Waals surface area contributed by atoms with Gasteiger partial charge in [-0.25, -0.2) is 0 Å². The van der Waals surface area contributed by atoms with Crippen molar-refractivity contribution in [3.05, 3.63) is 69.8 Å². The van der Waals surface area contributed by atoms with Crippen LogP contribution in [-0.4, -0.2) is 24.0 Å². The quantitative estimate of drug-likeness (QED) is 0.459. The number of hydrogen-bond donors (Lipinski definition) is 1. The average molecular weight is 328 g/mol. The van der Waals surface area contributed by atoms with Gasteiger partial charge in [-0.1, -0.05) is 36.4 Å². The van der Waals surface area contributed by atoms with Gasteiger partial charge in [0.1, 0.15) is 0 Å². The molecule has 1 amide bonds. The number of amides is 1. The van der Waals surface area contributed by atoms with E-state index in [2.05, 4.69) is 5.32 Å². The summed E-state index contributed by atoms with van der Waals surface area (Å²) in [6.45, 7) is 2.10. The second-order valence-electron chi connectivity index (χ2n) is 5.46. The number of nitro groups is 1. The predicted octanol–water partition coefficient (Wildman–Crippen LogP) is 3.03. The zero-order chi connectivity index (χ0) is 17.4. The van der Waals surface area contributed by atoms with Crippen LogP contribution in [0, 0.1) is 17.0 Å². The summed E-state index contributed by atoms with van der Waals surface area (Å²) >= 11 is 0. The van der Waals surface area contributed by atoms with Crippen molar-refractivity contribution in [3.63, 3.8) is 0 Å². The Bertz CT molecular complexity index is 701. The van der Waals surface area contributed by atoms with E-state index in [1.54, 1.807) is 19.1 Å². The van der Waals surface area contributed by atoms with E-state index in [9.17, 15) is 14.9 Å². The van der Waals surface area contributed by atoms with Crippen LogP contribution in [0.5, 0.6) is 5.75 Å². The van der Waals surface area contributed by atoms with Crippen molar-refractivity contribution in [2.75, 3.05) is 13.2 Å². The molecule has 0 spiro atoms. The first-order chi connectivity index (χ1) is 11.6. The maximum Gasteiger partial charge on any atom is 0.310 e. The number of ether oxygens (including phenoxy) is 1. The summed E-state index contributed by atoms with van der Waals surface area (Å²) in [4.78, 5) is 22.2. The van der Waals surface area contributed by atoms with Crippen molar-refractivity contribution >= 4 is 11.6 Å². The molecule has 0 fully saturated rings. The number of aryl methyl sites for hydroxylation is 2. The van der Waals surface area contributed by atoms with Crippen molar-refractivity contribution in [1.82, 2.24) is 5.32 Å². The zero-order valence-corrected chi connectivity index (χ0v) is 13.5. The van der Waals surface area contributed by atoms with Crippen molar-refractivity contribution < 1.29 is 14.5 Å². The first kappa shape index (κ1) is 17.5. The van der Waals surface area contributed by atoms with Crippen molar-refractivity contribution in [1.29, 1.82) is 0 Å². The summed E-state index contributed by atoms with van der Waals surface area (Å²) in [5.41, 5.74) is 1.91. The van der Waals surface area contributed by atoms with Gasteiger partial charge in [0.2, 0.25) is 0 Å². The molecule has 6 heteroatoms. The summed E-state index contributed by atoms with van der Waals surface area (Å²) < 4.78 is 5.30. The highest BCUT2D eigenvalue weighted by atomic mass is 16.6. The second-order valence-corrected chi connectivity index (χ2v) is 5.46. The third-order valence-electron chi connectivity index (χ3n) is 3.48. The monoisotopic (exact) mass is 328 g/mol. The first-order valence-electron chi connectivity index (χ1n) is 7.75. The molecule has 2 aromatic rings. The topological polar surface area (TPSA) is 81.5 Å². The van der Waals surface area contributed by atoms with Gasteiger partial charge in [-0.2, -0.15) is 0 Å². The molecule has 0 aliphatic carbocycles. The Morgan fingerprint density at radius 3 is 2.67 bits per heavy atom. The normalized spacial score (nSPS) is 10.2. The van der Waals surface area contributed by atoms with Gasteiger partial charge < -0.3 is 10.1 Å². The number of rotatable bonds is 8. The largest absolute Gasteiger partial charge is 0.477 e. The molecule has 0 radical (unpaired) electrons. The molecular formula is C18H20N2O4. The molecule has 1 N–H and O–H groups in total. The molecular weight excluding hydrogens is 308 g/mol. The van der Waals surface area contributed by atoms with Crippen molar-refractivity contribution in [2.45, 2.75) is 19.8 Å². The van der Waals surface area contributed by atoms with Crippen LogP contribution in [0.2, 0.25) is 0 Å². The van der Waals surface area contributed by atoms with E-state index in [4.69, 9.17) is 4.74 Å². The average Bonchev–Trinajstić information content (AvgIpc) is 2.57. The summed E-state index contributed by atoms with van der Waals surface area (Å²) in [6.07, 6.45) is 1.70. The third-order valence-corrected chi connectivity index (χ3v) is 3.48. The summed E-state index contributed by atoms with van der Waals surface area (Å²) in [5.74, 6) is -0.182. The Balaban J connectivity index is 1.75. The standard InChI is InChI=1S/C18H20N2O4/c1-14-9-10-16(20(22)23)17(12-14)24-13-18(21)19-11-5-8-15-6-3-2-4-7-15/h2-4,6-7,9-10,12H,5,8,11,13H2,1H3,(H,19,21). The Kier molecular flexibility index (Phi) is 6.31. The van der Waals surface area contributed by atoms with Gasteiger partial charge in [0, 0.05) is 12.6 Å². The molecule has 2 aromatic carbocycles. The molecule has 2 rings (SSSR count). The van der Waals surface area contributed by atoms with Crippen LogP contribution < -0.4 is 10.1 Å². The number of carbonyl (C=O) groups excluding carboxylic acids is 1. The molecule has 0 aliphatic rings. The van der Waals surface area contributed by atoms with Crippen LogP contribution in [0.1, 0.15) is 17.5 Å². The van der Waals surface area contributed by atoms with Crippen LogP contribution >= 0.6 is 0 Å². The lowest BCUT2D eigenvalue weighted by atomic mass is 10.1. The maximum atomic E-state index is 11.8. The third kappa shape index (κ3) is 5.39. The minimum absolute atomic E-state index is 0.111. The van der Waals surface area contributed by atoms with Gasteiger partial charge in [-0.05, 0) is 37.0 Å². The molecule has 0 heterocycles. The van der Waals surface area contributed by atoms with Crippen molar-refractivity contribution in [3.8, 4) is 5.75 Å². The Labute approximate surface area is 140 Å². The fourth-order valence-corrected chi connectivity index (χ4v) is 2.25. The molecule has 0 saturated carbocycles. The molecule has 0 atom stereocenters. The minimum Gasteiger partial charge on any atom is -0.477 e. The number of nitro benzene ring substituents is 1. The summed E-state index contributed by atoms with van der Waals surface area (Å²) in [7, 11) is 0. The lowest BCUT2D eigenvalue weighted by Crippen LogP contribution is -2.30. The van der Waals surface area contributed by atoms with Gasteiger partial charge in [-0.3, -0.25) is 14.9 Å². The van der Waals surface area contributed by atoms with E-state index in [0.717, 1.165) is 18.4 Å². The second kappa shape index (κ2) is 8.67. The maximum absolute atomic E-state index is 11.8. The zero-order valence-electron chi connectivity index (χ0n) is 13.5. The van der Waals surface area contributed by atoms with E-state index < -0.39 is 4.92 Å². The van der Waals surface area contributed by atoms with E-state index in [-0.39, 0.29) is 24.0 Å². The highest BCUT2D eigenvalue weighted by Gasteiger charge is 2.15. The number of benzene rings is 2. The lowest BCUT2D eigenvalue weighted by Gasteiger charge is -2.08. The van der Waals surface area contributed by atoms with E-state index in [0.29, 0.717) is 6.54 Å². The summed E-state index contributed by atoms with van der Waals surface area (Å²) in [5, 5.41) is 13.7. The fraction of sp³-hybridized carbons (Fsp3) is 0.278. The molecule has 6 nitrogen and oxygen atoms in total. The first-order valence-corrected chi connectivity index (χ1v) is 7.75. The lowest BCUT2D eigenvalue weighted by molar-refractivity contribution is -0.385. The van der Waals surface area contributed by atoms with Gasteiger partial charge in [0.05, 0.1) is 4.92 Å². The summed E-state index contributed by atoms with van der Waals surface area (Å²) in [6, 6.07) is 14.6. The highest BCUT2D eigenvalue weighted by Crippen LogP contribution is 2.27. The number of nitrogens with zero attached hydrogens (tertiary/aromatic N) is 1. The van der Waals surface area contributed by atoms with E-state index in [1.165, 1.54) is 11.6 Å². The highest BCUT2D eigenvalue weighted by molar-refractivity contribution is 5.77. The SMILES string of the molecule is Cc1ccc([N+](=O)[O-])c(OCC(=O)NCCCc2ccccc2)c1. The number of nitrogens with one attached hydrogen (secondary N) is 1. The Morgan fingerprint density at radius 1 is 1.21 bits per heavy atom. The molecule has 0 bridgehead atoms. The Hall–Kier alpha value is -2.89.